The zero-order chi connectivity index (χ0) is 13.9. The van der Waals surface area contributed by atoms with E-state index in [0.717, 1.165) is 17.1 Å². The predicted molar refractivity (Wildman–Crippen MR) is 75.9 cm³/mol. The van der Waals surface area contributed by atoms with Crippen LogP contribution in [0.1, 0.15) is 17.4 Å². The molecule has 0 bridgehead atoms. The Hall–Kier alpha value is -2.44. The summed E-state index contributed by atoms with van der Waals surface area (Å²) in [5.41, 5.74) is 4.76. The molecule has 3 rings (SSSR count). The first-order valence-electron chi connectivity index (χ1n) is 6.33. The van der Waals surface area contributed by atoms with Crippen LogP contribution in [0.25, 0.3) is 5.69 Å². The summed E-state index contributed by atoms with van der Waals surface area (Å²) in [6.45, 7) is 0. The summed E-state index contributed by atoms with van der Waals surface area (Å²) in [7, 11) is 1.94. The highest BCUT2D eigenvalue weighted by Crippen LogP contribution is 2.20. The van der Waals surface area contributed by atoms with E-state index in [1.54, 1.807) is 12.4 Å². The van der Waals surface area contributed by atoms with Crippen LogP contribution in [-0.2, 0) is 7.05 Å². The predicted octanol–water partition coefficient (Wildman–Crippen LogP) is 1.16. The Morgan fingerprint density at radius 1 is 1.25 bits per heavy atom. The average Bonchev–Trinajstić information content (AvgIpc) is 3.12. The lowest BCUT2D eigenvalue weighted by Gasteiger charge is -2.13. The maximum atomic E-state index is 5.67. The highest BCUT2D eigenvalue weighted by molar-refractivity contribution is 5.32. The van der Waals surface area contributed by atoms with E-state index in [-0.39, 0.29) is 6.04 Å². The summed E-state index contributed by atoms with van der Waals surface area (Å²) in [5.74, 6) is 6.52. The molecule has 1 unspecified atom stereocenters. The fraction of sp³-hybridized carbons (Fsp3) is 0.143. The van der Waals surface area contributed by atoms with Gasteiger partial charge in [-0.05, 0) is 12.1 Å². The van der Waals surface area contributed by atoms with Gasteiger partial charge in [-0.3, -0.25) is 5.84 Å². The van der Waals surface area contributed by atoms with Crippen molar-refractivity contribution >= 4 is 0 Å². The van der Waals surface area contributed by atoms with Crippen LogP contribution in [0.2, 0.25) is 0 Å². The van der Waals surface area contributed by atoms with E-state index >= 15 is 0 Å². The molecule has 1 atom stereocenters. The third kappa shape index (κ3) is 2.22. The molecular formula is C14H16N6. The van der Waals surface area contributed by atoms with Gasteiger partial charge in [-0.1, -0.05) is 18.2 Å². The number of rotatable bonds is 4. The summed E-state index contributed by atoms with van der Waals surface area (Å²) in [5, 5.41) is 4.38. The molecule has 0 amide bonds. The van der Waals surface area contributed by atoms with Gasteiger partial charge in [0.15, 0.2) is 0 Å². The number of hydrogen-bond acceptors (Lipinski definition) is 4. The number of aromatic nitrogens is 4. The zero-order valence-electron chi connectivity index (χ0n) is 11.1. The summed E-state index contributed by atoms with van der Waals surface area (Å²) >= 11 is 0. The number of nitrogens with zero attached hydrogens (tertiary/aromatic N) is 4. The molecule has 0 aliphatic carbocycles. The van der Waals surface area contributed by atoms with Crippen molar-refractivity contribution < 1.29 is 0 Å². The maximum absolute atomic E-state index is 5.67. The highest BCUT2D eigenvalue weighted by atomic mass is 15.3. The molecule has 102 valence electrons. The van der Waals surface area contributed by atoms with Crippen molar-refractivity contribution in [2.24, 2.45) is 12.9 Å². The molecule has 0 aliphatic rings. The van der Waals surface area contributed by atoms with Gasteiger partial charge in [0.1, 0.15) is 11.9 Å². The van der Waals surface area contributed by atoms with Crippen LogP contribution in [-0.4, -0.2) is 19.3 Å². The Kier molecular flexibility index (Phi) is 3.32. The number of hydrogen-bond donors (Lipinski definition) is 2. The van der Waals surface area contributed by atoms with E-state index in [1.165, 1.54) is 0 Å². The molecule has 0 radical (unpaired) electrons. The molecule has 20 heavy (non-hydrogen) atoms. The zero-order valence-corrected chi connectivity index (χ0v) is 11.1. The normalized spacial score (nSPS) is 12.5. The summed E-state index contributed by atoms with van der Waals surface area (Å²) < 4.78 is 3.76. The third-order valence-electron chi connectivity index (χ3n) is 3.24. The van der Waals surface area contributed by atoms with Gasteiger partial charge in [-0.2, -0.15) is 5.10 Å². The Morgan fingerprint density at radius 2 is 2.05 bits per heavy atom. The van der Waals surface area contributed by atoms with Gasteiger partial charge < -0.3 is 4.57 Å². The molecule has 2 aromatic heterocycles. The topological polar surface area (TPSA) is 73.7 Å². The van der Waals surface area contributed by atoms with Gasteiger partial charge in [0, 0.05) is 31.2 Å². The second kappa shape index (κ2) is 5.28. The van der Waals surface area contributed by atoms with Crippen LogP contribution in [0.3, 0.4) is 0 Å². The molecule has 0 aliphatic heterocycles. The molecule has 0 saturated heterocycles. The number of hydrazine groups is 1. The third-order valence-corrected chi connectivity index (χ3v) is 3.24. The standard InChI is InChI=1S/C14H16N6/c1-19-8-7-16-14(19)13(18-15)11-9-17-20(10-11)12-5-3-2-4-6-12/h2-10,13,18H,15H2,1H3. The average molecular weight is 268 g/mol. The van der Waals surface area contributed by atoms with E-state index in [1.807, 2.05) is 59.0 Å². The molecule has 0 spiro atoms. The van der Waals surface area contributed by atoms with Crippen molar-refractivity contribution in [3.63, 3.8) is 0 Å². The van der Waals surface area contributed by atoms with Crippen LogP contribution < -0.4 is 11.3 Å². The fourth-order valence-electron chi connectivity index (χ4n) is 2.18. The fourth-order valence-corrected chi connectivity index (χ4v) is 2.18. The Morgan fingerprint density at radius 3 is 2.70 bits per heavy atom. The van der Waals surface area contributed by atoms with E-state index in [9.17, 15) is 0 Å². The van der Waals surface area contributed by atoms with Crippen molar-refractivity contribution in [1.29, 1.82) is 0 Å². The summed E-state index contributed by atoms with van der Waals surface area (Å²) in [6, 6.07) is 9.76. The molecule has 1 aromatic carbocycles. The number of imidazole rings is 1. The molecule has 3 N–H and O–H groups in total. The van der Waals surface area contributed by atoms with Crippen LogP contribution >= 0.6 is 0 Å². The van der Waals surface area contributed by atoms with E-state index in [4.69, 9.17) is 5.84 Å². The minimum absolute atomic E-state index is 0.188. The van der Waals surface area contributed by atoms with Crippen LogP contribution in [0.5, 0.6) is 0 Å². The van der Waals surface area contributed by atoms with Gasteiger partial charge in [0.2, 0.25) is 0 Å². The Bertz CT molecular complexity index is 685. The lowest BCUT2D eigenvalue weighted by molar-refractivity contribution is 0.580. The van der Waals surface area contributed by atoms with Gasteiger partial charge in [0.05, 0.1) is 11.9 Å². The van der Waals surface area contributed by atoms with Crippen molar-refractivity contribution in [3.05, 3.63) is 66.5 Å². The van der Waals surface area contributed by atoms with E-state index in [2.05, 4.69) is 15.5 Å². The van der Waals surface area contributed by atoms with Crippen molar-refractivity contribution in [2.45, 2.75) is 6.04 Å². The SMILES string of the molecule is Cn1ccnc1C(NN)c1cnn(-c2ccccc2)c1. The van der Waals surface area contributed by atoms with Crippen LogP contribution in [0.15, 0.2) is 55.1 Å². The molecule has 2 heterocycles. The number of benzene rings is 1. The Labute approximate surface area is 116 Å². The molecule has 6 heteroatoms. The monoisotopic (exact) mass is 268 g/mol. The quantitative estimate of drug-likeness (QED) is 0.550. The van der Waals surface area contributed by atoms with Gasteiger partial charge in [-0.25, -0.2) is 15.1 Å². The smallest absolute Gasteiger partial charge is 0.131 e. The first-order chi connectivity index (χ1) is 9.79. The molecule has 0 fully saturated rings. The molecule has 0 saturated carbocycles. The van der Waals surface area contributed by atoms with Crippen molar-refractivity contribution in [3.8, 4) is 5.69 Å². The Balaban J connectivity index is 1.95. The van der Waals surface area contributed by atoms with Gasteiger partial charge in [0.25, 0.3) is 0 Å². The lowest BCUT2D eigenvalue weighted by Crippen LogP contribution is -2.30. The van der Waals surface area contributed by atoms with E-state index < -0.39 is 0 Å². The van der Waals surface area contributed by atoms with Crippen molar-refractivity contribution in [2.75, 3.05) is 0 Å². The number of para-hydroxylation sites is 1. The summed E-state index contributed by atoms with van der Waals surface area (Å²) in [4.78, 5) is 4.33. The molecule has 6 nitrogen and oxygen atoms in total. The minimum Gasteiger partial charge on any atom is -0.336 e. The largest absolute Gasteiger partial charge is 0.336 e. The lowest BCUT2D eigenvalue weighted by atomic mass is 10.1. The van der Waals surface area contributed by atoms with Gasteiger partial charge >= 0.3 is 0 Å². The molecular weight excluding hydrogens is 252 g/mol. The maximum Gasteiger partial charge on any atom is 0.131 e. The number of aryl methyl sites for hydroxylation is 1. The minimum atomic E-state index is -0.188. The number of nitrogens with two attached hydrogens (primary N) is 1. The van der Waals surface area contributed by atoms with Crippen LogP contribution in [0.4, 0.5) is 0 Å². The van der Waals surface area contributed by atoms with Crippen LogP contribution in [0, 0.1) is 0 Å². The summed E-state index contributed by atoms with van der Waals surface area (Å²) in [6.07, 6.45) is 7.39. The van der Waals surface area contributed by atoms with E-state index in [0.29, 0.717) is 0 Å². The highest BCUT2D eigenvalue weighted by Gasteiger charge is 2.18. The second-order valence-corrected chi connectivity index (χ2v) is 4.55. The van der Waals surface area contributed by atoms with Gasteiger partial charge in [-0.15, -0.1) is 0 Å². The van der Waals surface area contributed by atoms with Crippen molar-refractivity contribution in [1.82, 2.24) is 24.8 Å². The second-order valence-electron chi connectivity index (χ2n) is 4.55. The first-order valence-corrected chi connectivity index (χ1v) is 6.33. The molecule has 3 aromatic rings. The number of nitrogens with one attached hydrogen (secondary N) is 1. The first kappa shape index (κ1) is 12.6.